The summed E-state index contributed by atoms with van der Waals surface area (Å²) in [7, 11) is 9.82. The molecule has 0 aliphatic carbocycles. The van der Waals surface area contributed by atoms with Gasteiger partial charge in [0.1, 0.15) is 0 Å². The second kappa shape index (κ2) is 7.23. The largest absolute Gasteiger partial charge is 0.357 e. The van der Waals surface area contributed by atoms with Crippen molar-refractivity contribution in [1.82, 2.24) is 19.9 Å². The molecule has 0 aromatic carbocycles. The molecule has 1 atom stereocenters. The fourth-order valence-electron chi connectivity index (χ4n) is 2.07. The summed E-state index contributed by atoms with van der Waals surface area (Å²) in [6.45, 7) is 6.10. The van der Waals surface area contributed by atoms with E-state index in [0.717, 1.165) is 13.1 Å². The quantitative estimate of drug-likeness (QED) is 0.791. The normalized spacial score (nSPS) is 12.4. The number of hydrogen-bond acceptors (Lipinski definition) is 7. The summed E-state index contributed by atoms with van der Waals surface area (Å²) in [5, 5.41) is 3.00. The van der Waals surface area contributed by atoms with Crippen LogP contribution in [0.3, 0.4) is 0 Å². The topological polar surface area (TPSA) is 60.4 Å². The maximum Gasteiger partial charge on any atom is 0.232 e. The molecule has 7 heteroatoms. The summed E-state index contributed by atoms with van der Waals surface area (Å²) >= 11 is 0. The van der Waals surface area contributed by atoms with Gasteiger partial charge in [0.15, 0.2) is 0 Å². The Hall–Kier alpha value is -1.63. The van der Waals surface area contributed by atoms with Crippen molar-refractivity contribution in [2.45, 2.75) is 19.9 Å². The van der Waals surface area contributed by atoms with Crippen LogP contribution in [0.2, 0.25) is 0 Å². The van der Waals surface area contributed by atoms with Crippen LogP contribution in [0, 0.1) is 0 Å². The summed E-state index contributed by atoms with van der Waals surface area (Å²) in [4.78, 5) is 19.6. The molecule has 20 heavy (non-hydrogen) atoms. The zero-order valence-corrected chi connectivity index (χ0v) is 13.7. The van der Waals surface area contributed by atoms with Crippen molar-refractivity contribution in [3.63, 3.8) is 0 Å². The van der Waals surface area contributed by atoms with Crippen molar-refractivity contribution in [3.05, 3.63) is 0 Å². The Morgan fingerprint density at radius 3 is 2.10 bits per heavy atom. The highest BCUT2D eigenvalue weighted by atomic mass is 15.4. The van der Waals surface area contributed by atoms with Crippen molar-refractivity contribution in [2.75, 3.05) is 63.4 Å². The van der Waals surface area contributed by atoms with E-state index in [1.807, 2.05) is 26.0 Å². The highest BCUT2D eigenvalue weighted by molar-refractivity contribution is 5.44. The molecule has 0 radical (unpaired) electrons. The zero-order valence-electron chi connectivity index (χ0n) is 13.7. The molecule has 7 nitrogen and oxygen atoms in total. The summed E-state index contributed by atoms with van der Waals surface area (Å²) < 4.78 is 0. The van der Waals surface area contributed by atoms with Crippen molar-refractivity contribution < 1.29 is 0 Å². The highest BCUT2D eigenvalue weighted by Gasteiger charge is 2.18. The molecule has 1 aromatic heterocycles. The minimum absolute atomic E-state index is 0.331. The van der Waals surface area contributed by atoms with Gasteiger partial charge in [-0.25, -0.2) is 0 Å². The van der Waals surface area contributed by atoms with Gasteiger partial charge in [-0.2, -0.15) is 15.0 Å². The molecule has 1 N–H and O–H groups in total. The number of hydrogen-bond donors (Lipinski definition) is 1. The first-order valence-electron chi connectivity index (χ1n) is 6.91. The maximum atomic E-state index is 4.55. The second-order valence-corrected chi connectivity index (χ2v) is 5.30. The SMILES string of the molecule is CCN(c1nc(NC)nc(N(C)C)n1)C(C)CN(C)C. The fraction of sp³-hybridized carbons (Fsp3) is 0.769. The summed E-state index contributed by atoms with van der Waals surface area (Å²) in [6.07, 6.45) is 0. The van der Waals surface area contributed by atoms with Crippen molar-refractivity contribution in [1.29, 1.82) is 0 Å². The molecule has 1 aromatic rings. The Morgan fingerprint density at radius 1 is 1.05 bits per heavy atom. The number of rotatable bonds is 7. The van der Waals surface area contributed by atoms with Crippen LogP contribution in [-0.4, -0.2) is 74.2 Å². The number of likely N-dealkylation sites (N-methyl/N-ethyl adjacent to an activating group) is 2. The molecule has 0 saturated carbocycles. The first-order valence-corrected chi connectivity index (χ1v) is 6.91. The van der Waals surface area contributed by atoms with E-state index in [1.54, 1.807) is 0 Å². The lowest BCUT2D eigenvalue weighted by Gasteiger charge is -2.30. The van der Waals surface area contributed by atoms with Crippen LogP contribution < -0.4 is 15.1 Å². The maximum absolute atomic E-state index is 4.55. The van der Waals surface area contributed by atoms with E-state index >= 15 is 0 Å². The number of aromatic nitrogens is 3. The Morgan fingerprint density at radius 2 is 1.65 bits per heavy atom. The standard InChI is InChI=1S/C13H27N7/c1-8-20(10(2)9-18(4)5)13-16-11(14-3)15-12(17-13)19(6)7/h10H,8-9H2,1-7H3,(H,14,15,16,17). The molecule has 0 saturated heterocycles. The van der Waals surface area contributed by atoms with Gasteiger partial charge in [0.25, 0.3) is 0 Å². The Kier molecular flexibility index (Phi) is 5.94. The molecule has 1 unspecified atom stereocenters. The minimum Gasteiger partial charge on any atom is -0.357 e. The molecule has 0 aliphatic rings. The lowest BCUT2D eigenvalue weighted by molar-refractivity contribution is 0.371. The Labute approximate surface area is 122 Å². The van der Waals surface area contributed by atoms with Crippen LogP contribution in [0.25, 0.3) is 0 Å². The molecular weight excluding hydrogens is 254 g/mol. The van der Waals surface area contributed by atoms with Crippen LogP contribution >= 0.6 is 0 Å². The molecule has 0 amide bonds. The van der Waals surface area contributed by atoms with Crippen molar-refractivity contribution in [2.24, 2.45) is 0 Å². The lowest BCUT2D eigenvalue weighted by atomic mass is 10.3. The molecule has 0 spiro atoms. The van der Waals surface area contributed by atoms with Crippen LogP contribution in [0.5, 0.6) is 0 Å². The van der Waals surface area contributed by atoms with E-state index in [-0.39, 0.29) is 0 Å². The summed E-state index contributed by atoms with van der Waals surface area (Å²) in [5.74, 6) is 1.97. The highest BCUT2D eigenvalue weighted by Crippen LogP contribution is 2.17. The van der Waals surface area contributed by atoms with Crippen LogP contribution in [0.15, 0.2) is 0 Å². The number of anilines is 3. The predicted octanol–water partition coefficient (Wildman–Crippen LogP) is 0.756. The molecule has 1 rings (SSSR count). The Bertz CT molecular complexity index is 419. The van der Waals surface area contributed by atoms with Crippen molar-refractivity contribution >= 4 is 17.8 Å². The molecule has 114 valence electrons. The van der Waals surface area contributed by atoms with Gasteiger partial charge in [-0.15, -0.1) is 0 Å². The van der Waals surface area contributed by atoms with Crippen LogP contribution in [0.1, 0.15) is 13.8 Å². The molecule has 1 heterocycles. The fourth-order valence-corrected chi connectivity index (χ4v) is 2.07. The van der Waals surface area contributed by atoms with Gasteiger partial charge in [-0.3, -0.25) is 0 Å². The third kappa shape index (κ3) is 4.19. The van der Waals surface area contributed by atoms with E-state index in [1.165, 1.54) is 0 Å². The smallest absolute Gasteiger partial charge is 0.232 e. The third-order valence-corrected chi connectivity index (χ3v) is 2.99. The van der Waals surface area contributed by atoms with Gasteiger partial charge >= 0.3 is 0 Å². The van der Waals surface area contributed by atoms with Crippen LogP contribution in [-0.2, 0) is 0 Å². The first-order chi connectivity index (χ1) is 9.38. The molecule has 0 aliphatic heterocycles. The van der Waals surface area contributed by atoms with E-state index in [0.29, 0.717) is 23.9 Å². The Balaban J connectivity index is 3.10. The van der Waals surface area contributed by atoms with Gasteiger partial charge in [0.05, 0.1) is 0 Å². The van der Waals surface area contributed by atoms with E-state index < -0.39 is 0 Å². The van der Waals surface area contributed by atoms with Gasteiger partial charge in [0.2, 0.25) is 17.8 Å². The van der Waals surface area contributed by atoms with Crippen LogP contribution in [0.4, 0.5) is 17.8 Å². The van der Waals surface area contributed by atoms with Gasteiger partial charge < -0.3 is 20.0 Å². The number of nitrogens with one attached hydrogen (secondary N) is 1. The van der Waals surface area contributed by atoms with Gasteiger partial charge in [0, 0.05) is 40.3 Å². The monoisotopic (exact) mass is 281 g/mol. The molecule has 0 fully saturated rings. The number of nitrogens with zero attached hydrogens (tertiary/aromatic N) is 6. The van der Waals surface area contributed by atoms with Crippen molar-refractivity contribution in [3.8, 4) is 0 Å². The first kappa shape index (κ1) is 16.4. The average molecular weight is 281 g/mol. The summed E-state index contributed by atoms with van der Waals surface area (Å²) in [6, 6.07) is 0.331. The lowest BCUT2D eigenvalue weighted by Crippen LogP contribution is -2.41. The second-order valence-electron chi connectivity index (χ2n) is 5.30. The third-order valence-electron chi connectivity index (χ3n) is 2.99. The minimum atomic E-state index is 0.331. The summed E-state index contributed by atoms with van der Waals surface area (Å²) in [5.41, 5.74) is 0. The predicted molar refractivity (Wildman–Crippen MR) is 84.7 cm³/mol. The van der Waals surface area contributed by atoms with Gasteiger partial charge in [-0.1, -0.05) is 0 Å². The average Bonchev–Trinajstić information content (AvgIpc) is 2.38. The zero-order chi connectivity index (χ0) is 15.3. The van der Waals surface area contributed by atoms with E-state index in [4.69, 9.17) is 0 Å². The molecular formula is C13H27N7. The van der Waals surface area contributed by atoms with E-state index in [9.17, 15) is 0 Å². The van der Waals surface area contributed by atoms with E-state index in [2.05, 4.69) is 58.0 Å². The molecule has 0 bridgehead atoms. The van der Waals surface area contributed by atoms with Gasteiger partial charge in [-0.05, 0) is 27.9 Å².